The molecule has 1 rings (SSSR count). The van der Waals surface area contributed by atoms with Crippen molar-refractivity contribution in [1.82, 2.24) is 0 Å². The quantitative estimate of drug-likeness (QED) is 0.295. The van der Waals surface area contributed by atoms with Crippen molar-refractivity contribution in [2.45, 2.75) is 44.1 Å². The molecule has 1 atom stereocenters. The number of epoxide rings is 1. The van der Waals surface area contributed by atoms with E-state index in [4.69, 9.17) is 32.9 Å². The molecule has 0 radical (unpaired) electrons. The van der Waals surface area contributed by atoms with Gasteiger partial charge in [0, 0.05) is 41.1 Å². The largest absolute Gasteiger partial charge is 0.500 e. The van der Waals surface area contributed by atoms with Gasteiger partial charge < -0.3 is 32.9 Å². The predicted molar refractivity (Wildman–Crippen MR) is 99.7 cm³/mol. The molecule has 0 saturated carbocycles. The average Bonchev–Trinajstić information content (AvgIpc) is 3.41. The fraction of sp³-hybridized carbons (Fsp3) is 1.00. The van der Waals surface area contributed by atoms with Crippen molar-refractivity contribution in [3.63, 3.8) is 0 Å². The molecule has 1 aliphatic heterocycles. The summed E-state index contributed by atoms with van der Waals surface area (Å²) in [6.07, 6.45) is 2.38. The van der Waals surface area contributed by atoms with E-state index in [9.17, 15) is 0 Å². The highest BCUT2D eigenvalue weighted by atomic mass is 28.4. The Labute approximate surface area is 149 Å². The zero-order valence-corrected chi connectivity index (χ0v) is 18.3. The van der Waals surface area contributed by atoms with Crippen molar-refractivity contribution >= 4 is 17.1 Å². The van der Waals surface area contributed by atoms with E-state index in [0.29, 0.717) is 12.6 Å². The maximum atomic E-state index is 5.44. The monoisotopic (exact) mass is 383 g/mol. The Hall–Kier alpha value is 0.154. The maximum absolute atomic E-state index is 5.44. The van der Waals surface area contributed by atoms with Crippen LogP contribution in [0.1, 0.15) is 12.8 Å². The van der Waals surface area contributed by atoms with E-state index in [2.05, 4.69) is 13.1 Å². The lowest BCUT2D eigenvalue weighted by atomic mass is 10.5. The van der Waals surface area contributed by atoms with Crippen molar-refractivity contribution < 1.29 is 27.2 Å². The fourth-order valence-corrected chi connectivity index (χ4v) is 4.91. The summed E-state index contributed by atoms with van der Waals surface area (Å²) < 4.78 is 31.4. The Morgan fingerprint density at radius 3 is 1.96 bits per heavy atom. The van der Waals surface area contributed by atoms with Crippen molar-refractivity contribution in [2.24, 2.45) is 5.73 Å². The third-order valence-corrected chi connectivity index (χ3v) is 9.44. The topological polar surface area (TPSA) is 84.7 Å². The molecule has 1 saturated heterocycles. The van der Waals surface area contributed by atoms with Crippen LogP contribution in [0.25, 0.3) is 0 Å². The van der Waals surface area contributed by atoms with Gasteiger partial charge in [-0.25, -0.2) is 0 Å². The molecule has 1 aliphatic rings. The van der Waals surface area contributed by atoms with Crippen LogP contribution in [-0.2, 0) is 27.2 Å². The Morgan fingerprint density at radius 2 is 1.54 bits per heavy atom. The molecule has 0 aromatic carbocycles. The molecule has 0 bridgehead atoms. The lowest BCUT2D eigenvalue weighted by Crippen LogP contribution is -2.42. The second-order valence-corrected chi connectivity index (χ2v) is 13.8. The Bertz CT molecular complexity index is 293. The zero-order valence-electron chi connectivity index (χ0n) is 16.3. The average molecular weight is 384 g/mol. The van der Waals surface area contributed by atoms with Gasteiger partial charge >= 0.3 is 8.80 Å². The first kappa shape index (κ1) is 24.2. The molecular formula is C15H37NO6Si2. The summed E-state index contributed by atoms with van der Waals surface area (Å²) in [7, 11) is 2.96. The molecule has 146 valence electrons. The van der Waals surface area contributed by atoms with E-state index in [-0.39, 0.29) is 0 Å². The highest BCUT2D eigenvalue weighted by molar-refractivity contribution is 6.71. The number of hydrogen-bond donors (Lipinski definition) is 1. The van der Waals surface area contributed by atoms with Gasteiger partial charge in [-0.05, 0) is 38.5 Å². The molecule has 0 spiro atoms. The van der Waals surface area contributed by atoms with Crippen LogP contribution in [0.5, 0.6) is 0 Å². The second-order valence-electron chi connectivity index (χ2n) is 6.29. The van der Waals surface area contributed by atoms with E-state index in [1.807, 2.05) is 7.11 Å². The molecule has 7 nitrogen and oxygen atoms in total. The van der Waals surface area contributed by atoms with Gasteiger partial charge in [0.15, 0.2) is 8.32 Å². The van der Waals surface area contributed by atoms with Crippen LogP contribution in [0, 0.1) is 0 Å². The first-order valence-corrected chi connectivity index (χ1v) is 13.5. The van der Waals surface area contributed by atoms with E-state index >= 15 is 0 Å². The van der Waals surface area contributed by atoms with Crippen molar-refractivity contribution in [2.75, 3.05) is 54.8 Å². The number of hydrogen-bond acceptors (Lipinski definition) is 7. The van der Waals surface area contributed by atoms with E-state index in [1.54, 1.807) is 21.3 Å². The minimum absolute atomic E-state index is 0.396. The maximum Gasteiger partial charge on any atom is 0.500 e. The minimum atomic E-state index is -2.32. The smallest absolute Gasteiger partial charge is 0.420 e. The van der Waals surface area contributed by atoms with Crippen LogP contribution in [0.4, 0.5) is 0 Å². The van der Waals surface area contributed by atoms with Crippen LogP contribution in [-0.4, -0.2) is 78.0 Å². The van der Waals surface area contributed by atoms with Crippen molar-refractivity contribution in [1.29, 1.82) is 0 Å². The molecule has 24 heavy (non-hydrogen) atoms. The number of ether oxygens (including phenoxy) is 2. The van der Waals surface area contributed by atoms with Crippen LogP contribution < -0.4 is 5.73 Å². The molecule has 0 aliphatic carbocycles. The number of rotatable bonds is 13. The summed E-state index contributed by atoms with van der Waals surface area (Å²) in [5.41, 5.74) is 5.36. The minimum Gasteiger partial charge on any atom is -0.420 e. The van der Waals surface area contributed by atoms with Crippen LogP contribution >= 0.6 is 0 Å². The van der Waals surface area contributed by atoms with Gasteiger partial charge in [0.2, 0.25) is 0 Å². The molecule has 2 N–H and O–H groups in total. The second kappa shape index (κ2) is 13.4. The molecule has 0 amide bonds. The molecular weight excluding hydrogens is 346 g/mol. The third-order valence-electron chi connectivity index (χ3n) is 3.95. The lowest BCUT2D eigenvalue weighted by molar-refractivity contribution is 0.116. The van der Waals surface area contributed by atoms with Gasteiger partial charge in [-0.1, -0.05) is 0 Å². The third kappa shape index (κ3) is 11.7. The summed E-state index contributed by atoms with van der Waals surface area (Å²) in [5, 5.41) is 0. The lowest BCUT2D eigenvalue weighted by Gasteiger charge is -2.23. The summed E-state index contributed by atoms with van der Waals surface area (Å²) in [6, 6.07) is 1.96. The van der Waals surface area contributed by atoms with Crippen molar-refractivity contribution in [3.8, 4) is 0 Å². The molecule has 9 heteroatoms. The van der Waals surface area contributed by atoms with E-state index in [1.165, 1.54) is 6.04 Å². The Kier molecular flexibility index (Phi) is 13.5. The normalized spacial score (nSPS) is 17.4. The first-order chi connectivity index (χ1) is 11.4. The Morgan fingerprint density at radius 1 is 0.958 bits per heavy atom. The molecule has 0 aromatic heterocycles. The first-order valence-electron chi connectivity index (χ1n) is 8.48. The van der Waals surface area contributed by atoms with Gasteiger partial charge in [-0.2, -0.15) is 0 Å². The molecule has 1 heterocycles. The number of nitrogens with two attached hydrogens (primary N) is 1. The summed E-state index contributed by atoms with van der Waals surface area (Å²) >= 11 is 0. The van der Waals surface area contributed by atoms with Crippen molar-refractivity contribution in [3.05, 3.63) is 0 Å². The Balaban J connectivity index is 0.000000449. The summed E-state index contributed by atoms with van der Waals surface area (Å²) in [5.74, 6) is 0. The van der Waals surface area contributed by atoms with Gasteiger partial charge in [0.25, 0.3) is 0 Å². The van der Waals surface area contributed by atoms with Crippen LogP contribution in [0.15, 0.2) is 0 Å². The van der Waals surface area contributed by atoms with Gasteiger partial charge in [0.05, 0.1) is 13.2 Å². The highest BCUT2D eigenvalue weighted by Crippen LogP contribution is 2.14. The highest BCUT2D eigenvalue weighted by Gasteiger charge is 2.36. The van der Waals surface area contributed by atoms with Gasteiger partial charge in [-0.3, -0.25) is 0 Å². The fourth-order valence-electron chi connectivity index (χ4n) is 1.96. The van der Waals surface area contributed by atoms with E-state index in [0.717, 1.165) is 38.7 Å². The molecule has 1 unspecified atom stereocenters. The predicted octanol–water partition coefficient (Wildman–Crippen LogP) is 1.86. The van der Waals surface area contributed by atoms with Gasteiger partial charge in [0.1, 0.15) is 6.10 Å². The van der Waals surface area contributed by atoms with Crippen LogP contribution in [0.2, 0.25) is 25.2 Å². The van der Waals surface area contributed by atoms with E-state index < -0.39 is 17.1 Å². The SMILES string of the molecule is CO[Si](C)(C)CCCOCC1CO1.CO[Si](CCCN)(OC)OC. The summed E-state index contributed by atoms with van der Waals surface area (Å²) in [6.45, 7) is 7.62. The molecule has 0 aromatic rings. The van der Waals surface area contributed by atoms with Gasteiger partial charge in [-0.15, -0.1) is 0 Å². The molecule has 1 fully saturated rings. The van der Waals surface area contributed by atoms with Crippen LogP contribution in [0.3, 0.4) is 0 Å². The standard InChI is InChI=1S/C9H20O3Si.C6H17NO3Si/c1-10-13(2,3)6-4-5-11-7-9-8-12-9;1-8-11(9-2,10-3)6-4-5-7/h9H,4-8H2,1-3H3;4-7H2,1-3H3. The summed E-state index contributed by atoms with van der Waals surface area (Å²) in [4.78, 5) is 0. The zero-order chi connectivity index (χ0) is 18.5.